The highest BCUT2D eigenvalue weighted by Gasteiger charge is 2.20. The van der Waals surface area contributed by atoms with Crippen LogP contribution in [0.2, 0.25) is 0 Å². The molecule has 0 N–H and O–H groups in total. The lowest BCUT2D eigenvalue weighted by Gasteiger charge is -2.23. The molecule has 0 saturated heterocycles. The highest BCUT2D eigenvalue weighted by atomic mass is 16.2. The van der Waals surface area contributed by atoms with E-state index in [9.17, 15) is 14.9 Å². The Bertz CT molecular complexity index is 1020. The molecule has 0 unspecified atom stereocenters. The second-order valence-electron chi connectivity index (χ2n) is 6.38. The van der Waals surface area contributed by atoms with Crippen LogP contribution < -0.4 is 10.5 Å². The van der Waals surface area contributed by atoms with E-state index in [0.29, 0.717) is 16.9 Å². The predicted octanol–water partition coefficient (Wildman–Crippen LogP) is 2.30. The van der Waals surface area contributed by atoms with Gasteiger partial charge in [-0.15, -0.1) is 0 Å². The van der Waals surface area contributed by atoms with Gasteiger partial charge in [0.2, 0.25) is 5.91 Å². The minimum atomic E-state index is -0.589. The molecule has 1 aromatic carbocycles. The summed E-state index contributed by atoms with van der Waals surface area (Å²) in [6, 6.07) is 9.52. The Balaban J connectivity index is 2.41. The van der Waals surface area contributed by atoms with E-state index in [1.807, 2.05) is 44.2 Å². The van der Waals surface area contributed by atoms with Crippen molar-refractivity contribution >= 4 is 11.6 Å². The van der Waals surface area contributed by atoms with Crippen LogP contribution in [0.1, 0.15) is 34.4 Å². The third-order valence-electron chi connectivity index (χ3n) is 4.58. The first-order chi connectivity index (χ1) is 12.8. The molecule has 2 aromatic rings. The molecule has 1 heterocycles. The number of hydrogen-bond donors (Lipinski definition) is 0. The van der Waals surface area contributed by atoms with Crippen LogP contribution in [-0.2, 0) is 11.3 Å². The van der Waals surface area contributed by atoms with Crippen molar-refractivity contribution < 1.29 is 4.79 Å². The largest absolute Gasteiger partial charge is 0.310 e. The lowest BCUT2D eigenvalue weighted by molar-refractivity contribution is -0.119. The van der Waals surface area contributed by atoms with Crippen molar-refractivity contribution in [2.75, 3.05) is 11.4 Å². The van der Waals surface area contributed by atoms with Crippen LogP contribution in [0.5, 0.6) is 0 Å². The molecule has 0 atom stereocenters. The third-order valence-corrected chi connectivity index (χ3v) is 4.58. The SMILES string of the molecule is Cc1ccc(N(CCC#N)C(=O)Cn2nc(C)c(C)c(C#N)c2=O)cc1C. The van der Waals surface area contributed by atoms with E-state index in [0.717, 1.165) is 15.8 Å². The van der Waals surface area contributed by atoms with Crippen LogP contribution in [0.25, 0.3) is 0 Å². The van der Waals surface area contributed by atoms with Gasteiger partial charge in [0.25, 0.3) is 5.56 Å². The van der Waals surface area contributed by atoms with Crippen molar-refractivity contribution in [2.45, 2.75) is 40.7 Å². The van der Waals surface area contributed by atoms with Gasteiger partial charge >= 0.3 is 0 Å². The average molecular weight is 363 g/mol. The van der Waals surface area contributed by atoms with Gasteiger partial charge in [-0.05, 0) is 56.5 Å². The van der Waals surface area contributed by atoms with Gasteiger partial charge < -0.3 is 4.90 Å². The average Bonchev–Trinajstić information content (AvgIpc) is 2.63. The number of aryl methyl sites for hydroxylation is 3. The lowest BCUT2D eigenvalue weighted by atomic mass is 10.1. The standard InChI is InChI=1S/C20H21N5O2/c1-13-6-7-17(10-14(13)2)24(9-5-8-21)19(26)12-25-20(27)18(11-22)15(3)16(4)23-25/h6-7,10H,5,9,12H2,1-4H3. The van der Waals surface area contributed by atoms with Crippen molar-refractivity contribution in [3.8, 4) is 12.1 Å². The summed E-state index contributed by atoms with van der Waals surface area (Å²) in [7, 11) is 0. The van der Waals surface area contributed by atoms with Crippen LogP contribution >= 0.6 is 0 Å². The maximum atomic E-state index is 12.9. The molecule has 0 aliphatic rings. The Labute approximate surface area is 158 Å². The molecule has 138 valence electrons. The molecule has 7 nitrogen and oxygen atoms in total. The topological polar surface area (TPSA) is 103 Å². The first-order valence-electron chi connectivity index (χ1n) is 8.53. The monoisotopic (exact) mass is 363 g/mol. The van der Waals surface area contributed by atoms with E-state index >= 15 is 0 Å². The molecule has 1 aromatic heterocycles. The zero-order chi connectivity index (χ0) is 20.1. The first kappa shape index (κ1) is 19.9. The number of carbonyl (C=O) groups excluding carboxylic acids is 1. The Hall–Kier alpha value is -3.45. The summed E-state index contributed by atoms with van der Waals surface area (Å²) in [5.41, 5.74) is 3.22. The fraction of sp³-hybridized carbons (Fsp3) is 0.350. The fourth-order valence-corrected chi connectivity index (χ4v) is 2.68. The number of anilines is 1. The summed E-state index contributed by atoms with van der Waals surface area (Å²) in [5, 5.41) is 22.3. The lowest BCUT2D eigenvalue weighted by Crippen LogP contribution is -2.39. The van der Waals surface area contributed by atoms with Crippen LogP contribution in [0.4, 0.5) is 5.69 Å². The summed E-state index contributed by atoms with van der Waals surface area (Å²) in [6.45, 7) is 7.18. The molecule has 7 heteroatoms. The normalized spacial score (nSPS) is 10.1. The Morgan fingerprint density at radius 3 is 2.48 bits per heavy atom. The highest BCUT2D eigenvalue weighted by molar-refractivity contribution is 5.93. The van der Waals surface area contributed by atoms with Gasteiger partial charge in [0.1, 0.15) is 18.2 Å². The first-order valence-corrected chi connectivity index (χ1v) is 8.53. The van der Waals surface area contributed by atoms with E-state index < -0.39 is 5.56 Å². The number of aromatic nitrogens is 2. The number of hydrogen-bond acceptors (Lipinski definition) is 5. The number of benzene rings is 1. The molecule has 1 amide bonds. The minimum Gasteiger partial charge on any atom is -0.310 e. The van der Waals surface area contributed by atoms with Gasteiger partial charge in [0, 0.05) is 12.2 Å². The molecule has 27 heavy (non-hydrogen) atoms. The maximum absolute atomic E-state index is 12.9. The second kappa shape index (κ2) is 8.29. The molecular weight excluding hydrogens is 342 g/mol. The van der Waals surface area contributed by atoms with Crippen LogP contribution in [-0.4, -0.2) is 22.2 Å². The van der Waals surface area contributed by atoms with E-state index in [-0.39, 0.29) is 31.0 Å². The molecule has 2 rings (SSSR count). The molecule has 0 bridgehead atoms. The van der Waals surface area contributed by atoms with Crippen molar-refractivity contribution in [3.05, 3.63) is 56.5 Å². The summed E-state index contributed by atoms with van der Waals surface area (Å²) < 4.78 is 1.02. The Morgan fingerprint density at radius 1 is 1.19 bits per heavy atom. The van der Waals surface area contributed by atoms with Gasteiger partial charge in [0.15, 0.2) is 0 Å². The zero-order valence-electron chi connectivity index (χ0n) is 15.9. The Kier molecular flexibility index (Phi) is 6.10. The van der Waals surface area contributed by atoms with Gasteiger partial charge in [-0.2, -0.15) is 15.6 Å². The number of carbonyl (C=O) groups is 1. The fourth-order valence-electron chi connectivity index (χ4n) is 2.68. The summed E-state index contributed by atoms with van der Waals surface area (Å²) in [4.78, 5) is 26.8. The van der Waals surface area contributed by atoms with Crippen LogP contribution in [0.15, 0.2) is 23.0 Å². The van der Waals surface area contributed by atoms with Gasteiger partial charge in [-0.1, -0.05) is 6.07 Å². The molecule has 0 aliphatic heterocycles. The van der Waals surface area contributed by atoms with Gasteiger partial charge in [0.05, 0.1) is 18.2 Å². The number of nitrogens with zero attached hydrogens (tertiary/aromatic N) is 5. The second-order valence-corrected chi connectivity index (χ2v) is 6.38. The predicted molar refractivity (Wildman–Crippen MR) is 101 cm³/mol. The van der Waals surface area contributed by atoms with E-state index in [1.165, 1.54) is 4.90 Å². The number of nitriles is 2. The number of rotatable bonds is 5. The molecule has 0 saturated carbocycles. The van der Waals surface area contributed by atoms with E-state index in [2.05, 4.69) is 5.10 Å². The Morgan fingerprint density at radius 2 is 1.89 bits per heavy atom. The van der Waals surface area contributed by atoms with Crippen molar-refractivity contribution in [1.29, 1.82) is 10.5 Å². The number of amides is 1. The smallest absolute Gasteiger partial charge is 0.285 e. The van der Waals surface area contributed by atoms with Crippen molar-refractivity contribution in [3.63, 3.8) is 0 Å². The zero-order valence-corrected chi connectivity index (χ0v) is 15.9. The molecule has 0 aliphatic carbocycles. The van der Waals surface area contributed by atoms with Crippen LogP contribution in [0.3, 0.4) is 0 Å². The van der Waals surface area contributed by atoms with Crippen molar-refractivity contribution in [2.24, 2.45) is 0 Å². The molecule has 0 spiro atoms. The highest BCUT2D eigenvalue weighted by Crippen LogP contribution is 2.19. The van der Waals surface area contributed by atoms with Crippen LogP contribution in [0, 0.1) is 50.4 Å². The molecular formula is C20H21N5O2. The van der Waals surface area contributed by atoms with Crippen molar-refractivity contribution in [1.82, 2.24) is 9.78 Å². The maximum Gasteiger partial charge on any atom is 0.285 e. The minimum absolute atomic E-state index is 0.00921. The summed E-state index contributed by atoms with van der Waals surface area (Å²) in [6.07, 6.45) is 0.164. The quantitative estimate of drug-likeness (QED) is 0.811. The summed E-state index contributed by atoms with van der Waals surface area (Å²) in [5.74, 6) is -0.366. The van der Waals surface area contributed by atoms with Gasteiger partial charge in [-0.25, -0.2) is 4.68 Å². The van der Waals surface area contributed by atoms with E-state index in [1.54, 1.807) is 13.8 Å². The third kappa shape index (κ3) is 4.21. The van der Waals surface area contributed by atoms with E-state index in [4.69, 9.17) is 5.26 Å². The van der Waals surface area contributed by atoms with Gasteiger partial charge in [-0.3, -0.25) is 9.59 Å². The molecule has 0 radical (unpaired) electrons. The molecule has 0 fully saturated rings. The summed E-state index contributed by atoms with van der Waals surface area (Å²) >= 11 is 0.